The quantitative estimate of drug-likeness (QED) is 0.688. The van der Waals surface area contributed by atoms with Crippen molar-refractivity contribution in [3.63, 3.8) is 0 Å². The normalized spacial score (nSPS) is 18.2. The molecule has 1 atom stereocenters. The van der Waals surface area contributed by atoms with Crippen LogP contribution in [0, 0.1) is 12.8 Å². The van der Waals surface area contributed by atoms with Crippen molar-refractivity contribution in [1.29, 1.82) is 0 Å². The van der Waals surface area contributed by atoms with E-state index in [-0.39, 0.29) is 11.7 Å². The van der Waals surface area contributed by atoms with Gasteiger partial charge in [0.15, 0.2) is 11.5 Å². The summed E-state index contributed by atoms with van der Waals surface area (Å²) in [6.07, 6.45) is 7.12. The van der Waals surface area contributed by atoms with E-state index in [0.29, 0.717) is 12.4 Å². The van der Waals surface area contributed by atoms with Crippen molar-refractivity contribution in [2.24, 2.45) is 13.0 Å². The van der Waals surface area contributed by atoms with Gasteiger partial charge >= 0.3 is 0 Å². The summed E-state index contributed by atoms with van der Waals surface area (Å²) >= 11 is 0. The van der Waals surface area contributed by atoms with Gasteiger partial charge in [-0.1, -0.05) is 0 Å². The third-order valence-electron chi connectivity index (χ3n) is 4.63. The smallest absolute Gasteiger partial charge is 0.203 e. The van der Waals surface area contributed by atoms with Crippen molar-refractivity contribution in [3.05, 3.63) is 42.2 Å². The molecular formula is C17H20N6O. The molecular weight excluding hydrogens is 304 g/mol. The molecule has 7 nitrogen and oxygen atoms in total. The van der Waals surface area contributed by atoms with Crippen LogP contribution in [0.25, 0.3) is 5.65 Å². The second-order valence-corrected chi connectivity index (χ2v) is 6.37. The van der Waals surface area contributed by atoms with Crippen LogP contribution in [0.2, 0.25) is 0 Å². The maximum Gasteiger partial charge on any atom is 0.203 e. The Hall–Kier alpha value is -2.70. The molecule has 124 valence electrons. The van der Waals surface area contributed by atoms with E-state index >= 15 is 0 Å². The lowest BCUT2D eigenvalue weighted by Crippen LogP contribution is -2.40. The van der Waals surface area contributed by atoms with Crippen LogP contribution in [0.5, 0.6) is 0 Å². The lowest BCUT2D eigenvalue weighted by atomic mass is 9.93. The van der Waals surface area contributed by atoms with Crippen LogP contribution in [0.1, 0.15) is 29.2 Å². The number of nitrogens with zero attached hydrogens (tertiary/aromatic N) is 6. The molecule has 1 aliphatic heterocycles. The van der Waals surface area contributed by atoms with Crippen LogP contribution in [0.4, 0.5) is 5.82 Å². The predicted molar refractivity (Wildman–Crippen MR) is 90.2 cm³/mol. The van der Waals surface area contributed by atoms with Crippen LogP contribution in [-0.4, -0.2) is 43.0 Å². The summed E-state index contributed by atoms with van der Waals surface area (Å²) in [6.45, 7) is 3.59. The van der Waals surface area contributed by atoms with E-state index in [1.807, 2.05) is 36.8 Å². The summed E-state index contributed by atoms with van der Waals surface area (Å²) in [5.74, 6) is 1.62. The lowest BCUT2D eigenvalue weighted by Gasteiger charge is -2.33. The number of ketones is 1. The summed E-state index contributed by atoms with van der Waals surface area (Å²) in [5, 5.41) is 4.38. The van der Waals surface area contributed by atoms with Gasteiger partial charge in [0, 0.05) is 56.3 Å². The third kappa shape index (κ3) is 2.46. The Kier molecular flexibility index (Phi) is 3.55. The summed E-state index contributed by atoms with van der Waals surface area (Å²) in [6, 6.07) is 3.94. The van der Waals surface area contributed by atoms with Crippen LogP contribution >= 0.6 is 0 Å². The van der Waals surface area contributed by atoms with Gasteiger partial charge in [0.1, 0.15) is 5.82 Å². The molecule has 1 saturated heterocycles. The fourth-order valence-corrected chi connectivity index (χ4v) is 3.43. The number of carbonyl (C=O) groups is 1. The van der Waals surface area contributed by atoms with Crippen LogP contribution in [-0.2, 0) is 7.05 Å². The van der Waals surface area contributed by atoms with Gasteiger partial charge in [0.25, 0.3) is 0 Å². The average Bonchev–Trinajstić information content (AvgIpc) is 3.22. The van der Waals surface area contributed by atoms with Gasteiger partial charge in [-0.3, -0.25) is 4.79 Å². The molecule has 0 bridgehead atoms. The zero-order chi connectivity index (χ0) is 16.7. The fourth-order valence-electron chi connectivity index (χ4n) is 3.43. The van der Waals surface area contributed by atoms with E-state index in [1.165, 1.54) is 0 Å². The number of anilines is 1. The van der Waals surface area contributed by atoms with Gasteiger partial charge in [-0.05, 0) is 19.8 Å². The number of Topliss-reactive ketones (excluding diaryl/α,β-unsaturated/α-hetero) is 1. The summed E-state index contributed by atoms with van der Waals surface area (Å²) in [7, 11) is 1.86. The Balaban J connectivity index is 1.64. The Bertz CT molecular complexity index is 896. The van der Waals surface area contributed by atoms with E-state index in [1.54, 1.807) is 17.0 Å². The van der Waals surface area contributed by atoms with E-state index in [0.717, 1.165) is 36.5 Å². The first kappa shape index (κ1) is 14.9. The highest BCUT2D eigenvalue weighted by atomic mass is 16.1. The molecule has 4 heterocycles. The topological polar surface area (TPSA) is 68.3 Å². The number of hydrogen-bond acceptors (Lipinski definition) is 5. The molecule has 0 amide bonds. The molecule has 1 aliphatic rings. The standard InChI is InChI=1S/C17H20N6O/c1-12-10-15(23-14(20-12)5-6-19-23)22-8-3-4-13(11-22)16(24)17-18-7-9-21(17)2/h5-7,9-10,13H,3-4,8,11H2,1-2H3/t13-/m0/s1. The third-order valence-corrected chi connectivity index (χ3v) is 4.63. The van der Waals surface area contributed by atoms with Crippen molar-refractivity contribution in [1.82, 2.24) is 24.1 Å². The zero-order valence-electron chi connectivity index (χ0n) is 13.9. The second-order valence-electron chi connectivity index (χ2n) is 6.37. The number of fused-ring (bicyclic) bond motifs is 1. The number of carbonyl (C=O) groups excluding carboxylic acids is 1. The van der Waals surface area contributed by atoms with E-state index < -0.39 is 0 Å². The van der Waals surface area contributed by atoms with Crippen molar-refractivity contribution in [2.45, 2.75) is 19.8 Å². The first-order chi connectivity index (χ1) is 11.6. The van der Waals surface area contributed by atoms with Crippen molar-refractivity contribution < 1.29 is 4.79 Å². The molecule has 7 heteroatoms. The highest BCUT2D eigenvalue weighted by Gasteiger charge is 2.29. The Morgan fingerprint density at radius 3 is 3.00 bits per heavy atom. The molecule has 0 saturated carbocycles. The molecule has 0 unspecified atom stereocenters. The SMILES string of the molecule is Cc1cc(N2CCC[C@H](C(=O)c3nccn3C)C2)n2nccc2n1. The highest BCUT2D eigenvalue weighted by Crippen LogP contribution is 2.26. The molecule has 0 aromatic carbocycles. The average molecular weight is 324 g/mol. The van der Waals surface area contributed by atoms with E-state index in [2.05, 4.69) is 20.0 Å². The molecule has 3 aromatic heterocycles. The van der Waals surface area contributed by atoms with Crippen LogP contribution in [0.15, 0.2) is 30.7 Å². The summed E-state index contributed by atoms with van der Waals surface area (Å²) < 4.78 is 3.64. The molecule has 0 N–H and O–H groups in total. The summed E-state index contributed by atoms with van der Waals surface area (Å²) in [5.41, 5.74) is 1.79. The Labute approximate surface area is 139 Å². The lowest BCUT2D eigenvalue weighted by molar-refractivity contribution is 0.0893. The Morgan fingerprint density at radius 1 is 1.33 bits per heavy atom. The molecule has 0 radical (unpaired) electrons. The number of imidazole rings is 1. The Morgan fingerprint density at radius 2 is 2.21 bits per heavy atom. The van der Waals surface area contributed by atoms with Crippen molar-refractivity contribution in [2.75, 3.05) is 18.0 Å². The van der Waals surface area contributed by atoms with Gasteiger partial charge in [-0.25, -0.2) is 9.97 Å². The van der Waals surface area contributed by atoms with Crippen molar-refractivity contribution in [3.8, 4) is 0 Å². The van der Waals surface area contributed by atoms with Gasteiger partial charge in [-0.15, -0.1) is 0 Å². The first-order valence-electron chi connectivity index (χ1n) is 8.21. The highest BCUT2D eigenvalue weighted by molar-refractivity contribution is 5.95. The van der Waals surface area contributed by atoms with Gasteiger partial charge in [0.2, 0.25) is 5.78 Å². The molecule has 4 rings (SSSR count). The largest absolute Gasteiger partial charge is 0.356 e. The second kappa shape index (κ2) is 5.74. The minimum atomic E-state index is -0.0427. The number of aryl methyl sites for hydroxylation is 2. The zero-order valence-corrected chi connectivity index (χ0v) is 13.9. The van der Waals surface area contributed by atoms with E-state index in [4.69, 9.17) is 0 Å². The summed E-state index contributed by atoms with van der Waals surface area (Å²) in [4.78, 5) is 23.7. The molecule has 24 heavy (non-hydrogen) atoms. The fraction of sp³-hybridized carbons (Fsp3) is 0.412. The molecule has 0 aliphatic carbocycles. The predicted octanol–water partition coefficient (Wildman–Crippen LogP) is 1.87. The maximum absolute atomic E-state index is 12.8. The van der Waals surface area contributed by atoms with Crippen LogP contribution < -0.4 is 4.90 Å². The van der Waals surface area contributed by atoms with Crippen molar-refractivity contribution >= 4 is 17.2 Å². The molecule has 3 aromatic rings. The number of piperidine rings is 1. The minimum absolute atomic E-state index is 0.0427. The maximum atomic E-state index is 12.8. The van der Waals surface area contributed by atoms with Gasteiger partial charge < -0.3 is 9.47 Å². The van der Waals surface area contributed by atoms with E-state index in [9.17, 15) is 4.79 Å². The molecule has 0 spiro atoms. The van der Waals surface area contributed by atoms with Crippen LogP contribution in [0.3, 0.4) is 0 Å². The molecule has 1 fully saturated rings. The van der Waals surface area contributed by atoms with Gasteiger partial charge in [0.05, 0.1) is 6.20 Å². The minimum Gasteiger partial charge on any atom is -0.356 e. The number of rotatable bonds is 3. The number of aromatic nitrogens is 5. The first-order valence-corrected chi connectivity index (χ1v) is 8.21. The number of hydrogen-bond donors (Lipinski definition) is 0. The van der Waals surface area contributed by atoms with Gasteiger partial charge in [-0.2, -0.15) is 9.61 Å². The monoisotopic (exact) mass is 324 g/mol.